The first kappa shape index (κ1) is 15.0. The zero-order valence-corrected chi connectivity index (χ0v) is 13.0. The Hall–Kier alpha value is -1.03. The highest BCUT2D eigenvalue weighted by Crippen LogP contribution is 2.13. The number of nitrogens with zero attached hydrogens (tertiary/aromatic N) is 1. The molecule has 1 aromatic rings. The topological polar surface area (TPSA) is 32.3 Å². The third-order valence-corrected chi connectivity index (χ3v) is 4.21. The van der Waals surface area contributed by atoms with Gasteiger partial charge in [-0.05, 0) is 30.2 Å². The van der Waals surface area contributed by atoms with Gasteiger partial charge in [0, 0.05) is 36.7 Å². The number of alkyl halides is 1. The first-order chi connectivity index (χ1) is 8.41. The molecule has 0 heterocycles. The van der Waals surface area contributed by atoms with E-state index in [9.17, 15) is 4.79 Å². The molecule has 1 atom stereocenters. The lowest BCUT2D eigenvalue weighted by Crippen LogP contribution is -2.31. The maximum Gasteiger partial charge on any atom is 0.251 e. The summed E-state index contributed by atoms with van der Waals surface area (Å²) in [6, 6.07) is 7.60. The smallest absolute Gasteiger partial charge is 0.251 e. The van der Waals surface area contributed by atoms with Gasteiger partial charge in [-0.25, -0.2) is 0 Å². The highest BCUT2D eigenvalue weighted by Gasteiger charge is 2.11. The summed E-state index contributed by atoms with van der Waals surface area (Å²) in [5, 5.41) is 2.93. The number of rotatable bonds is 5. The van der Waals surface area contributed by atoms with Crippen molar-refractivity contribution < 1.29 is 4.79 Å². The Balaban J connectivity index is 2.57. The van der Waals surface area contributed by atoms with Crippen molar-refractivity contribution in [2.24, 2.45) is 5.92 Å². The summed E-state index contributed by atoms with van der Waals surface area (Å²) in [7, 11) is 3.96. The van der Waals surface area contributed by atoms with Crippen molar-refractivity contribution in [1.29, 1.82) is 0 Å². The van der Waals surface area contributed by atoms with E-state index in [4.69, 9.17) is 0 Å². The first-order valence-electron chi connectivity index (χ1n) is 6.11. The number of halogens is 1. The lowest BCUT2D eigenvalue weighted by Gasteiger charge is -2.15. The Morgan fingerprint density at radius 2 is 1.83 bits per heavy atom. The normalized spacial score (nSPS) is 12.3. The summed E-state index contributed by atoms with van der Waals surface area (Å²) in [6.45, 7) is 4.89. The molecule has 0 bridgehead atoms. The molecular weight excluding hydrogens is 292 g/mol. The lowest BCUT2D eigenvalue weighted by molar-refractivity contribution is 0.0953. The van der Waals surface area contributed by atoms with E-state index in [0.29, 0.717) is 22.9 Å². The zero-order valence-electron chi connectivity index (χ0n) is 11.4. The minimum absolute atomic E-state index is 0.0228. The van der Waals surface area contributed by atoms with Crippen molar-refractivity contribution in [1.82, 2.24) is 5.32 Å². The number of benzene rings is 1. The fraction of sp³-hybridized carbons (Fsp3) is 0.500. The summed E-state index contributed by atoms with van der Waals surface area (Å²) in [5.74, 6) is 0.479. The monoisotopic (exact) mass is 312 g/mol. The maximum absolute atomic E-state index is 11.9. The summed E-state index contributed by atoms with van der Waals surface area (Å²) in [6.07, 6.45) is 0. The Morgan fingerprint density at radius 1 is 1.28 bits per heavy atom. The molecule has 1 aromatic carbocycles. The van der Waals surface area contributed by atoms with E-state index in [-0.39, 0.29) is 5.91 Å². The van der Waals surface area contributed by atoms with Crippen LogP contribution < -0.4 is 10.2 Å². The summed E-state index contributed by atoms with van der Waals surface area (Å²) < 4.78 is 0. The van der Waals surface area contributed by atoms with Gasteiger partial charge in [0.25, 0.3) is 5.91 Å². The maximum atomic E-state index is 11.9. The SMILES string of the molecule is CC(C)C(Br)CNC(=O)c1ccc(N(C)C)cc1. The predicted molar refractivity (Wildman–Crippen MR) is 80.7 cm³/mol. The van der Waals surface area contributed by atoms with E-state index in [2.05, 4.69) is 35.1 Å². The van der Waals surface area contributed by atoms with Crippen molar-refractivity contribution in [2.45, 2.75) is 18.7 Å². The molecule has 0 saturated carbocycles. The van der Waals surface area contributed by atoms with Gasteiger partial charge in [-0.3, -0.25) is 4.79 Å². The van der Waals surface area contributed by atoms with Gasteiger partial charge >= 0.3 is 0 Å². The molecule has 1 N–H and O–H groups in total. The van der Waals surface area contributed by atoms with Crippen LogP contribution in [0.2, 0.25) is 0 Å². The van der Waals surface area contributed by atoms with E-state index in [1.54, 1.807) is 0 Å². The molecule has 1 rings (SSSR count). The van der Waals surface area contributed by atoms with Gasteiger partial charge < -0.3 is 10.2 Å². The summed E-state index contributed by atoms with van der Waals surface area (Å²) >= 11 is 3.55. The van der Waals surface area contributed by atoms with Crippen LogP contribution >= 0.6 is 15.9 Å². The first-order valence-corrected chi connectivity index (χ1v) is 7.03. The molecule has 1 unspecified atom stereocenters. The number of nitrogens with one attached hydrogen (secondary N) is 1. The number of hydrogen-bond acceptors (Lipinski definition) is 2. The van der Waals surface area contributed by atoms with Gasteiger partial charge in [-0.2, -0.15) is 0 Å². The van der Waals surface area contributed by atoms with Crippen LogP contribution in [0.15, 0.2) is 24.3 Å². The zero-order chi connectivity index (χ0) is 13.7. The van der Waals surface area contributed by atoms with E-state index >= 15 is 0 Å². The largest absolute Gasteiger partial charge is 0.378 e. The third-order valence-electron chi connectivity index (χ3n) is 2.83. The van der Waals surface area contributed by atoms with E-state index < -0.39 is 0 Å². The van der Waals surface area contributed by atoms with Crippen LogP contribution in [0.4, 0.5) is 5.69 Å². The van der Waals surface area contributed by atoms with Crippen LogP contribution in [0.1, 0.15) is 24.2 Å². The summed E-state index contributed by atoms with van der Waals surface area (Å²) in [5.41, 5.74) is 1.79. The molecule has 0 fully saturated rings. The molecule has 4 heteroatoms. The van der Waals surface area contributed by atoms with Crippen LogP contribution in [0.25, 0.3) is 0 Å². The predicted octanol–water partition coefficient (Wildman–Crippen LogP) is 2.90. The number of carbonyl (C=O) groups is 1. The van der Waals surface area contributed by atoms with Crippen molar-refractivity contribution >= 4 is 27.5 Å². The Morgan fingerprint density at radius 3 is 2.28 bits per heavy atom. The Bertz CT molecular complexity index is 387. The molecule has 0 radical (unpaired) electrons. The van der Waals surface area contributed by atoms with Gasteiger partial charge in [-0.1, -0.05) is 29.8 Å². The molecule has 18 heavy (non-hydrogen) atoms. The van der Waals surface area contributed by atoms with E-state index in [1.165, 1.54) is 0 Å². The van der Waals surface area contributed by atoms with Gasteiger partial charge in [0.1, 0.15) is 0 Å². The van der Waals surface area contributed by atoms with E-state index in [1.807, 2.05) is 43.3 Å². The van der Waals surface area contributed by atoms with Crippen LogP contribution in [0.3, 0.4) is 0 Å². The van der Waals surface area contributed by atoms with Crippen LogP contribution in [-0.4, -0.2) is 31.4 Å². The molecule has 0 aliphatic rings. The molecule has 100 valence electrons. The van der Waals surface area contributed by atoms with Crippen molar-refractivity contribution in [3.05, 3.63) is 29.8 Å². The second-order valence-corrected chi connectivity index (χ2v) is 6.09. The molecule has 3 nitrogen and oxygen atoms in total. The number of carbonyl (C=O) groups excluding carboxylic acids is 1. The van der Waals surface area contributed by atoms with Crippen LogP contribution in [0.5, 0.6) is 0 Å². The average molecular weight is 313 g/mol. The second-order valence-electron chi connectivity index (χ2n) is 4.91. The van der Waals surface area contributed by atoms with Crippen molar-refractivity contribution in [3.63, 3.8) is 0 Å². The Kier molecular flexibility index (Phi) is 5.66. The van der Waals surface area contributed by atoms with Crippen molar-refractivity contribution in [3.8, 4) is 0 Å². The fourth-order valence-corrected chi connectivity index (χ4v) is 1.60. The number of anilines is 1. The molecule has 0 aliphatic carbocycles. The lowest BCUT2D eigenvalue weighted by atomic mass is 10.1. The highest BCUT2D eigenvalue weighted by atomic mass is 79.9. The average Bonchev–Trinajstić information content (AvgIpc) is 2.35. The summed E-state index contributed by atoms with van der Waals surface area (Å²) in [4.78, 5) is 14.2. The van der Waals surface area contributed by atoms with E-state index in [0.717, 1.165) is 5.69 Å². The molecule has 0 saturated heterocycles. The Labute approximate surface area is 118 Å². The van der Waals surface area contributed by atoms with Crippen molar-refractivity contribution in [2.75, 3.05) is 25.5 Å². The third kappa shape index (κ3) is 4.33. The quantitative estimate of drug-likeness (QED) is 0.848. The highest BCUT2D eigenvalue weighted by molar-refractivity contribution is 9.09. The van der Waals surface area contributed by atoms with Crippen LogP contribution in [0, 0.1) is 5.92 Å². The number of hydrogen-bond donors (Lipinski definition) is 1. The van der Waals surface area contributed by atoms with Gasteiger partial charge in [-0.15, -0.1) is 0 Å². The van der Waals surface area contributed by atoms with Gasteiger partial charge in [0.2, 0.25) is 0 Å². The minimum Gasteiger partial charge on any atom is -0.378 e. The molecule has 0 aliphatic heterocycles. The van der Waals surface area contributed by atoms with Gasteiger partial charge in [0.15, 0.2) is 0 Å². The number of amides is 1. The molecule has 0 spiro atoms. The second kappa shape index (κ2) is 6.78. The molecule has 0 aromatic heterocycles. The molecule has 1 amide bonds. The standard InChI is InChI=1S/C14H21BrN2O/c1-10(2)13(15)9-16-14(18)11-5-7-12(8-6-11)17(3)4/h5-8,10,13H,9H2,1-4H3,(H,16,18). The minimum atomic E-state index is -0.0228. The van der Waals surface area contributed by atoms with Gasteiger partial charge in [0.05, 0.1) is 0 Å². The fourth-order valence-electron chi connectivity index (χ4n) is 1.44. The molecular formula is C14H21BrN2O. The van der Waals surface area contributed by atoms with Crippen LogP contribution in [-0.2, 0) is 0 Å².